The van der Waals surface area contributed by atoms with Crippen molar-refractivity contribution in [1.29, 1.82) is 0 Å². The SMILES string of the molecule is C#CCOc1ccc2c(c1)[C@H](N)CCC2. The van der Waals surface area contributed by atoms with E-state index >= 15 is 0 Å². The summed E-state index contributed by atoms with van der Waals surface area (Å²) >= 11 is 0. The Hall–Kier alpha value is -1.46. The van der Waals surface area contributed by atoms with Crippen LogP contribution in [0.3, 0.4) is 0 Å². The molecule has 2 heteroatoms. The molecule has 2 rings (SSSR count). The molecule has 0 aliphatic heterocycles. The first-order valence-corrected chi connectivity index (χ1v) is 5.26. The molecule has 2 N–H and O–H groups in total. The third kappa shape index (κ3) is 2.14. The van der Waals surface area contributed by atoms with Gasteiger partial charge in [-0.2, -0.15) is 0 Å². The molecule has 1 aromatic rings. The molecule has 0 aromatic heterocycles. The number of hydrogen-bond donors (Lipinski definition) is 1. The molecule has 0 amide bonds. The Morgan fingerprint density at radius 1 is 1.53 bits per heavy atom. The van der Waals surface area contributed by atoms with E-state index in [1.807, 2.05) is 12.1 Å². The first kappa shape index (κ1) is 10.1. The van der Waals surface area contributed by atoms with Gasteiger partial charge in [0.25, 0.3) is 0 Å². The fourth-order valence-electron chi connectivity index (χ4n) is 2.03. The Morgan fingerprint density at radius 3 is 3.20 bits per heavy atom. The molecule has 1 atom stereocenters. The van der Waals surface area contributed by atoms with Crippen molar-refractivity contribution in [3.63, 3.8) is 0 Å². The second kappa shape index (κ2) is 4.37. The standard InChI is InChI=1S/C13H15NO/c1-2-8-15-11-7-6-10-4-3-5-13(14)12(10)9-11/h1,6-7,9,13H,3-5,8,14H2/t13-/m1/s1. The Kier molecular flexibility index (Phi) is 2.94. The van der Waals surface area contributed by atoms with Crippen molar-refractivity contribution < 1.29 is 4.74 Å². The van der Waals surface area contributed by atoms with E-state index in [1.54, 1.807) is 0 Å². The fraction of sp³-hybridized carbons (Fsp3) is 0.385. The van der Waals surface area contributed by atoms with Gasteiger partial charge >= 0.3 is 0 Å². The highest BCUT2D eigenvalue weighted by Crippen LogP contribution is 2.30. The van der Waals surface area contributed by atoms with E-state index in [9.17, 15) is 0 Å². The van der Waals surface area contributed by atoms with E-state index in [4.69, 9.17) is 16.9 Å². The van der Waals surface area contributed by atoms with E-state index in [0.29, 0.717) is 6.61 Å². The second-order valence-electron chi connectivity index (χ2n) is 3.85. The average Bonchev–Trinajstić information content (AvgIpc) is 2.27. The summed E-state index contributed by atoms with van der Waals surface area (Å²) in [5.41, 5.74) is 8.62. The molecule has 0 saturated carbocycles. The van der Waals surface area contributed by atoms with E-state index in [1.165, 1.54) is 17.5 Å². The molecule has 15 heavy (non-hydrogen) atoms. The molecular formula is C13H15NO. The number of nitrogens with two attached hydrogens (primary N) is 1. The van der Waals surface area contributed by atoms with Crippen LogP contribution in [0.1, 0.15) is 30.0 Å². The summed E-state index contributed by atoms with van der Waals surface area (Å²) in [5, 5.41) is 0. The lowest BCUT2D eigenvalue weighted by molar-refractivity contribution is 0.369. The molecule has 78 valence electrons. The van der Waals surface area contributed by atoms with Crippen LogP contribution < -0.4 is 10.5 Å². The summed E-state index contributed by atoms with van der Waals surface area (Å²) in [6.45, 7) is 0.314. The second-order valence-corrected chi connectivity index (χ2v) is 3.85. The Bertz CT molecular complexity index is 392. The minimum absolute atomic E-state index is 0.156. The van der Waals surface area contributed by atoms with Crippen LogP contribution in [0.2, 0.25) is 0 Å². The van der Waals surface area contributed by atoms with Gasteiger partial charge in [-0.1, -0.05) is 12.0 Å². The van der Waals surface area contributed by atoms with Crippen molar-refractivity contribution in [3.05, 3.63) is 29.3 Å². The zero-order chi connectivity index (χ0) is 10.7. The fourth-order valence-corrected chi connectivity index (χ4v) is 2.03. The Balaban J connectivity index is 2.24. The monoisotopic (exact) mass is 201 g/mol. The molecule has 1 aliphatic rings. The first-order valence-electron chi connectivity index (χ1n) is 5.26. The molecule has 0 spiro atoms. The van der Waals surface area contributed by atoms with E-state index in [2.05, 4.69) is 12.0 Å². The van der Waals surface area contributed by atoms with E-state index < -0.39 is 0 Å². The summed E-state index contributed by atoms with van der Waals surface area (Å²) in [6, 6.07) is 6.24. The van der Waals surface area contributed by atoms with Crippen molar-refractivity contribution in [2.75, 3.05) is 6.61 Å². The van der Waals surface area contributed by atoms with E-state index in [0.717, 1.165) is 18.6 Å². The molecule has 0 saturated heterocycles. The van der Waals surface area contributed by atoms with Gasteiger partial charge in [0, 0.05) is 6.04 Å². The summed E-state index contributed by atoms with van der Waals surface area (Å²) in [7, 11) is 0. The maximum atomic E-state index is 6.05. The summed E-state index contributed by atoms with van der Waals surface area (Å²) in [4.78, 5) is 0. The highest BCUT2D eigenvalue weighted by molar-refractivity contribution is 5.39. The Labute approximate surface area is 90.4 Å². The highest BCUT2D eigenvalue weighted by Gasteiger charge is 2.16. The largest absolute Gasteiger partial charge is 0.481 e. The Morgan fingerprint density at radius 2 is 2.40 bits per heavy atom. The normalized spacial score (nSPS) is 19.1. The van der Waals surface area contributed by atoms with Crippen LogP contribution in [-0.4, -0.2) is 6.61 Å². The maximum absolute atomic E-state index is 6.05. The number of hydrogen-bond acceptors (Lipinski definition) is 2. The quantitative estimate of drug-likeness (QED) is 0.743. The van der Waals surface area contributed by atoms with E-state index in [-0.39, 0.29) is 6.04 Å². The van der Waals surface area contributed by atoms with Crippen LogP contribution >= 0.6 is 0 Å². The highest BCUT2D eigenvalue weighted by atomic mass is 16.5. The number of terminal acetylenes is 1. The number of benzene rings is 1. The number of ether oxygens (including phenoxy) is 1. The van der Waals surface area contributed by atoms with Gasteiger partial charge in [-0.15, -0.1) is 6.42 Å². The van der Waals surface area contributed by atoms with Crippen LogP contribution in [0, 0.1) is 12.3 Å². The third-order valence-electron chi connectivity index (χ3n) is 2.80. The molecule has 0 bridgehead atoms. The van der Waals surface area contributed by atoms with Crippen molar-refractivity contribution in [1.82, 2.24) is 0 Å². The van der Waals surface area contributed by atoms with Crippen LogP contribution in [-0.2, 0) is 6.42 Å². The van der Waals surface area contributed by atoms with Gasteiger partial charge in [-0.05, 0) is 42.5 Å². The predicted molar refractivity (Wildman–Crippen MR) is 60.6 cm³/mol. The number of rotatable bonds is 2. The molecule has 1 aliphatic carbocycles. The third-order valence-corrected chi connectivity index (χ3v) is 2.80. The summed E-state index contributed by atoms with van der Waals surface area (Å²) in [5.74, 6) is 3.28. The summed E-state index contributed by atoms with van der Waals surface area (Å²) < 4.78 is 5.38. The molecule has 1 aromatic carbocycles. The molecule has 0 heterocycles. The van der Waals surface area contributed by atoms with Crippen LogP contribution in [0.4, 0.5) is 0 Å². The topological polar surface area (TPSA) is 35.2 Å². The smallest absolute Gasteiger partial charge is 0.148 e. The molecule has 0 unspecified atom stereocenters. The zero-order valence-electron chi connectivity index (χ0n) is 8.70. The average molecular weight is 201 g/mol. The maximum Gasteiger partial charge on any atom is 0.148 e. The molecule has 2 nitrogen and oxygen atoms in total. The molecule has 0 fully saturated rings. The van der Waals surface area contributed by atoms with Crippen molar-refractivity contribution in [2.24, 2.45) is 5.73 Å². The minimum Gasteiger partial charge on any atom is -0.481 e. The van der Waals surface area contributed by atoms with Crippen LogP contribution in [0.5, 0.6) is 5.75 Å². The van der Waals surface area contributed by atoms with Gasteiger partial charge in [-0.3, -0.25) is 0 Å². The van der Waals surface area contributed by atoms with Gasteiger partial charge in [-0.25, -0.2) is 0 Å². The van der Waals surface area contributed by atoms with Gasteiger partial charge in [0.2, 0.25) is 0 Å². The van der Waals surface area contributed by atoms with Crippen molar-refractivity contribution in [3.8, 4) is 18.1 Å². The van der Waals surface area contributed by atoms with Gasteiger partial charge in [0.05, 0.1) is 0 Å². The predicted octanol–water partition coefficient (Wildman–Crippen LogP) is 2.03. The molecule has 0 radical (unpaired) electrons. The van der Waals surface area contributed by atoms with Crippen LogP contribution in [0.15, 0.2) is 18.2 Å². The lowest BCUT2D eigenvalue weighted by atomic mass is 9.88. The van der Waals surface area contributed by atoms with Crippen molar-refractivity contribution >= 4 is 0 Å². The lowest BCUT2D eigenvalue weighted by Gasteiger charge is -2.22. The van der Waals surface area contributed by atoms with Gasteiger partial charge < -0.3 is 10.5 Å². The summed E-state index contributed by atoms with van der Waals surface area (Å²) in [6.07, 6.45) is 8.51. The molecular weight excluding hydrogens is 186 g/mol. The zero-order valence-corrected chi connectivity index (χ0v) is 8.70. The minimum atomic E-state index is 0.156. The number of aryl methyl sites for hydroxylation is 1. The first-order chi connectivity index (χ1) is 7.31. The van der Waals surface area contributed by atoms with Crippen molar-refractivity contribution in [2.45, 2.75) is 25.3 Å². The van der Waals surface area contributed by atoms with Crippen LogP contribution in [0.25, 0.3) is 0 Å². The number of fused-ring (bicyclic) bond motifs is 1. The van der Waals surface area contributed by atoms with Gasteiger partial charge in [0.15, 0.2) is 0 Å². The van der Waals surface area contributed by atoms with Gasteiger partial charge in [0.1, 0.15) is 12.4 Å². The lowest BCUT2D eigenvalue weighted by Crippen LogP contribution is -2.17.